The molecular weight excluding hydrogens is 579 g/mol. The van der Waals surface area contributed by atoms with Crippen molar-refractivity contribution in [1.29, 1.82) is 0 Å². The summed E-state index contributed by atoms with van der Waals surface area (Å²) in [5.74, 6) is -6.59. The fraction of sp³-hybridized carbons (Fsp3) is 0.773. The molecule has 38 heavy (non-hydrogen) atoms. The van der Waals surface area contributed by atoms with E-state index in [1.54, 1.807) is 0 Å². The van der Waals surface area contributed by atoms with Crippen LogP contribution in [0.4, 0.5) is 0 Å². The van der Waals surface area contributed by atoms with Gasteiger partial charge in [-0.3, -0.25) is 24.0 Å². The molecule has 0 bridgehead atoms. The van der Waals surface area contributed by atoms with Gasteiger partial charge in [-0.2, -0.15) is 0 Å². The van der Waals surface area contributed by atoms with Crippen LogP contribution in [0.1, 0.15) is 34.6 Å². The zero-order chi connectivity index (χ0) is 28.8. The van der Waals surface area contributed by atoms with E-state index in [0.29, 0.717) is 0 Å². The van der Waals surface area contributed by atoms with Crippen LogP contribution in [-0.4, -0.2) is 102 Å². The van der Waals surface area contributed by atoms with Gasteiger partial charge < -0.3 is 37.9 Å². The number of esters is 5. The predicted molar refractivity (Wildman–Crippen MR) is 127 cm³/mol. The van der Waals surface area contributed by atoms with Gasteiger partial charge in [-0.05, 0) is 0 Å². The summed E-state index contributed by atoms with van der Waals surface area (Å²) in [5.41, 5.74) is 0. The van der Waals surface area contributed by atoms with E-state index in [2.05, 4.69) is 0 Å². The third-order valence-electron chi connectivity index (χ3n) is 5.32. The number of carbonyl (C=O) groups excluding carboxylic acids is 5. The van der Waals surface area contributed by atoms with E-state index >= 15 is 0 Å². The average Bonchev–Trinajstić information content (AvgIpc) is 3.08. The maximum Gasteiger partial charge on any atom is 0.303 e. The maximum atomic E-state index is 12.0. The van der Waals surface area contributed by atoms with Crippen LogP contribution in [0.3, 0.4) is 0 Å². The first-order valence-electron chi connectivity index (χ1n) is 11.3. The van der Waals surface area contributed by atoms with E-state index in [1.807, 2.05) is 0 Å². The fourth-order valence-corrected chi connectivity index (χ4v) is 4.83. The minimum Gasteiger partial charge on any atom is -0.463 e. The smallest absolute Gasteiger partial charge is 0.303 e. The number of ether oxygens (including phenoxy) is 8. The highest BCUT2D eigenvalue weighted by Gasteiger charge is 2.63. The van der Waals surface area contributed by atoms with E-state index in [0.717, 1.165) is 34.6 Å². The summed E-state index contributed by atoms with van der Waals surface area (Å²) >= 11 is 18.8. The molecule has 2 rings (SSSR count). The molecule has 2 fully saturated rings. The third kappa shape index (κ3) is 8.06. The molecule has 0 radical (unpaired) electrons. The van der Waals surface area contributed by atoms with Gasteiger partial charge in [0, 0.05) is 34.6 Å². The Labute approximate surface area is 233 Å². The van der Waals surface area contributed by atoms with Gasteiger partial charge >= 0.3 is 29.8 Å². The first-order chi connectivity index (χ1) is 17.7. The van der Waals surface area contributed by atoms with Crippen molar-refractivity contribution in [3.05, 3.63) is 0 Å². The molecule has 0 unspecified atom stereocenters. The first kappa shape index (κ1) is 32.3. The van der Waals surface area contributed by atoms with Crippen molar-refractivity contribution < 1.29 is 61.9 Å². The molecule has 0 aromatic heterocycles. The minimum atomic E-state index is -2.07. The number of rotatable bonds is 10. The summed E-state index contributed by atoms with van der Waals surface area (Å²) in [7, 11) is 0. The Kier molecular flexibility index (Phi) is 11.9. The molecule has 0 aromatic carbocycles. The molecule has 0 saturated carbocycles. The first-order valence-corrected chi connectivity index (χ1v) is 12.8. The van der Waals surface area contributed by atoms with E-state index in [-0.39, 0.29) is 5.88 Å². The molecule has 2 aliphatic heterocycles. The topological polar surface area (TPSA) is 159 Å². The minimum absolute atomic E-state index is 0.231. The van der Waals surface area contributed by atoms with E-state index in [9.17, 15) is 24.0 Å². The predicted octanol–water partition coefficient (Wildman–Crippen LogP) is 1.20. The Hall–Kier alpha value is -1.90. The molecular formula is C22H29Cl3O13. The Morgan fingerprint density at radius 1 is 0.737 bits per heavy atom. The molecule has 9 atom stereocenters. The monoisotopic (exact) mass is 606 g/mol. The summed E-state index contributed by atoms with van der Waals surface area (Å²) < 4.78 is 44.3. The molecule has 0 aliphatic carbocycles. The van der Waals surface area contributed by atoms with Gasteiger partial charge in [0.15, 0.2) is 24.4 Å². The zero-order valence-electron chi connectivity index (χ0n) is 21.2. The van der Waals surface area contributed by atoms with E-state index in [1.165, 1.54) is 0 Å². The number of carbonyl (C=O) groups is 5. The Bertz CT molecular complexity index is 902. The summed E-state index contributed by atoms with van der Waals surface area (Å²) in [6.07, 6.45) is -9.38. The summed E-state index contributed by atoms with van der Waals surface area (Å²) in [6, 6.07) is 0. The fourth-order valence-electron chi connectivity index (χ4n) is 3.99. The molecule has 13 nitrogen and oxygen atoms in total. The largest absolute Gasteiger partial charge is 0.463 e. The molecule has 2 saturated heterocycles. The molecule has 2 aliphatic rings. The molecule has 16 heteroatoms. The van der Waals surface area contributed by atoms with Crippen molar-refractivity contribution in [2.45, 2.75) is 88.7 Å². The van der Waals surface area contributed by atoms with E-state index in [4.69, 9.17) is 72.7 Å². The van der Waals surface area contributed by atoms with Crippen LogP contribution >= 0.6 is 34.8 Å². The second-order valence-corrected chi connectivity index (χ2v) is 9.50. The van der Waals surface area contributed by atoms with Crippen LogP contribution in [0.5, 0.6) is 0 Å². The van der Waals surface area contributed by atoms with Crippen LogP contribution in [0.25, 0.3) is 0 Å². The van der Waals surface area contributed by atoms with Crippen molar-refractivity contribution >= 4 is 64.6 Å². The standard InChI is InChI=1S/C22H29Cl3O13/c1-9(26)31-7-15-16(25)18(33-11(3)28)19(34-12(4)29)21(36-15)38-22(8-24)20(35-13(5)30)17(32-10(2)27)14(6-23)37-22/h14-21H,6-8H2,1-5H3/t14-,15-,16+,17-,18+,19-,20+,21-,22+/m1/s1. The highest BCUT2D eigenvalue weighted by Crippen LogP contribution is 2.42. The molecule has 2 heterocycles. The Morgan fingerprint density at radius 3 is 1.74 bits per heavy atom. The van der Waals surface area contributed by atoms with Crippen LogP contribution < -0.4 is 0 Å². The van der Waals surface area contributed by atoms with Crippen LogP contribution in [-0.2, 0) is 61.9 Å². The van der Waals surface area contributed by atoms with Crippen LogP contribution in [0.15, 0.2) is 0 Å². The zero-order valence-corrected chi connectivity index (χ0v) is 23.4. The molecule has 0 N–H and O–H groups in total. The summed E-state index contributed by atoms with van der Waals surface area (Å²) in [6.45, 7) is 5.18. The lowest BCUT2D eigenvalue weighted by Crippen LogP contribution is -2.63. The van der Waals surface area contributed by atoms with Gasteiger partial charge in [0.05, 0.1) is 11.8 Å². The second-order valence-electron chi connectivity index (χ2n) is 8.42. The van der Waals surface area contributed by atoms with Crippen molar-refractivity contribution in [3.8, 4) is 0 Å². The number of halogens is 3. The summed E-state index contributed by atoms with van der Waals surface area (Å²) in [4.78, 5) is 59.0. The third-order valence-corrected chi connectivity index (χ3v) is 6.53. The van der Waals surface area contributed by atoms with Crippen LogP contribution in [0.2, 0.25) is 0 Å². The highest BCUT2D eigenvalue weighted by molar-refractivity contribution is 6.21. The van der Waals surface area contributed by atoms with Crippen molar-refractivity contribution in [3.63, 3.8) is 0 Å². The van der Waals surface area contributed by atoms with Gasteiger partial charge in [-0.1, -0.05) is 0 Å². The van der Waals surface area contributed by atoms with Gasteiger partial charge in [0.1, 0.15) is 24.2 Å². The number of hydrogen-bond acceptors (Lipinski definition) is 13. The van der Waals surface area contributed by atoms with Gasteiger partial charge in [-0.25, -0.2) is 0 Å². The Morgan fingerprint density at radius 2 is 1.26 bits per heavy atom. The number of alkyl halides is 3. The molecule has 0 spiro atoms. The SMILES string of the molecule is CC(=O)OC[C@H]1O[C@H](O[C@]2(CCl)O[C@H](CCl)[C@@H](OC(C)=O)[C@@H]2OC(C)=O)[C@H](OC(C)=O)[C@@H](OC(C)=O)[C@H]1Cl. The van der Waals surface area contributed by atoms with Gasteiger partial charge in [0.25, 0.3) is 0 Å². The lowest BCUT2D eigenvalue weighted by atomic mass is 10.0. The quantitative estimate of drug-likeness (QED) is 0.198. The van der Waals surface area contributed by atoms with E-state index < -0.39 is 96.4 Å². The Balaban J connectivity index is 2.55. The normalized spacial score (nSPS) is 34.6. The lowest BCUT2D eigenvalue weighted by molar-refractivity contribution is -0.359. The van der Waals surface area contributed by atoms with Crippen molar-refractivity contribution in [2.75, 3.05) is 18.4 Å². The van der Waals surface area contributed by atoms with Crippen molar-refractivity contribution in [1.82, 2.24) is 0 Å². The lowest BCUT2D eigenvalue weighted by Gasteiger charge is -2.45. The van der Waals surface area contributed by atoms with Gasteiger partial charge in [-0.15, -0.1) is 34.8 Å². The van der Waals surface area contributed by atoms with Crippen molar-refractivity contribution in [2.24, 2.45) is 0 Å². The maximum absolute atomic E-state index is 12.0. The molecule has 0 amide bonds. The average molecular weight is 608 g/mol. The summed E-state index contributed by atoms with van der Waals surface area (Å²) in [5, 5.41) is -1.17. The highest BCUT2D eigenvalue weighted by atomic mass is 35.5. The van der Waals surface area contributed by atoms with Crippen LogP contribution in [0, 0.1) is 0 Å². The van der Waals surface area contributed by atoms with Gasteiger partial charge in [0.2, 0.25) is 12.1 Å². The second kappa shape index (κ2) is 13.9. The number of hydrogen-bond donors (Lipinski definition) is 0. The molecule has 0 aromatic rings. The molecule has 216 valence electrons.